The van der Waals surface area contributed by atoms with Crippen molar-refractivity contribution in [2.75, 3.05) is 10.6 Å². The lowest BCUT2D eigenvalue weighted by Gasteiger charge is -2.74. The summed E-state index contributed by atoms with van der Waals surface area (Å²) in [5.41, 5.74) is 1.87. The third kappa shape index (κ3) is 3.06. The average Bonchev–Trinajstić information content (AvgIpc) is 3.13. The lowest BCUT2D eigenvalue weighted by Crippen LogP contribution is -2.81. The van der Waals surface area contributed by atoms with Crippen LogP contribution >= 0.6 is 0 Å². The maximum atomic E-state index is 11.9. The van der Waals surface area contributed by atoms with Crippen LogP contribution in [0, 0.1) is 18.3 Å². The number of H-pyrrole nitrogens is 2. The van der Waals surface area contributed by atoms with Crippen LogP contribution in [-0.2, 0) is 0 Å². The molecule has 0 bridgehead atoms. The molecule has 4 atom stereocenters. The number of fused-ring (bicyclic) bond motifs is 1. The Morgan fingerprint density at radius 2 is 2.06 bits per heavy atom. The van der Waals surface area contributed by atoms with E-state index >= 15 is 0 Å². The molecule has 3 fully saturated rings. The van der Waals surface area contributed by atoms with Crippen LogP contribution < -0.4 is 16.2 Å². The number of pyridine rings is 2. The lowest BCUT2D eigenvalue weighted by molar-refractivity contribution is -0.222. The molecule has 6 rings (SSSR count). The fourth-order valence-electron chi connectivity index (χ4n) is 6.24. The summed E-state index contributed by atoms with van der Waals surface area (Å²) in [6.45, 7) is 1.94. The summed E-state index contributed by atoms with van der Waals surface area (Å²) >= 11 is 0. The van der Waals surface area contributed by atoms with Gasteiger partial charge in [-0.3, -0.25) is 14.8 Å². The number of piperidine rings is 2. The summed E-state index contributed by atoms with van der Waals surface area (Å²) in [6, 6.07) is 11.0. The molecule has 3 aliphatic rings. The van der Waals surface area contributed by atoms with Gasteiger partial charge in [0, 0.05) is 59.4 Å². The molecule has 0 amide bonds. The molecule has 0 aliphatic carbocycles. The van der Waals surface area contributed by atoms with Gasteiger partial charge in [-0.1, -0.05) is 0 Å². The second-order valence-electron chi connectivity index (χ2n) is 9.52. The topological polar surface area (TPSA) is 126 Å². The van der Waals surface area contributed by atoms with Gasteiger partial charge in [0.05, 0.1) is 11.6 Å². The maximum absolute atomic E-state index is 11.9. The predicted molar refractivity (Wildman–Crippen MR) is 122 cm³/mol. The molecule has 1 unspecified atom stereocenters. The first-order valence-electron chi connectivity index (χ1n) is 11.3. The second-order valence-corrected chi connectivity index (χ2v) is 9.52. The fourth-order valence-corrected chi connectivity index (χ4v) is 6.24. The summed E-state index contributed by atoms with van der Waals surface area (Å²) in [5.74, 6) is 2.10. The molecule has 32 heavy (non-hydrogen) atoms. The summed E-state index contributed by atoms with van der Waals surface area (Å²) in [6.07, 6.45) is 6.21. The lowest BCUT2D eigenvalue weighted by atomic mass is 9.57. The number of rotatable bonds is 6. The molecule has 0 aromatic carbocycles. The molecule has 6 heterocycles. The molecule has 4 N–H and O–H groups in total. The van der Waals surface area contributed by atoms with E-state index in [1.54, 1.807) is 6.07 Å². The first-order chi connectivity index (χ1) is 15.5. The number of hydrogen-bond acceptors (Lipinski definition) is 7. The number of nitrogens with zero attached hydrogens (tertiary/aromatic N) is 4. The van der Waals surface area contributed by atoms with Gasteiger partial charge in [0.25, 0.3) is 0 Å². The van der Waals surface area contributed by atoms with E-state index in [0.29, 0.717) is 41.7 Å². The van der Waals surface area contributed by atoms with Gasteiger partial charge in [0.2, 0.25) is 5.56 Å². The van der Waals surface area contributed by atoms with E-state index in [1.807, 2.05) is 25.1 Å². The van der Waals surface area contributed by atoms with E-state index in [0.717, 1.165) is 41.7 Å². The van der Waals surface area contributed by atoms with Gasteiger partial charge in [-0.25, -0.2) is 4.98 Å². The highest BCUT2D eigenvalue weighted by atomic mass is 16.1. The normalized spacial score (nSPS) is 28.3. The second kappa shape index (κ2) is 7.07. The highest BCUT2D eigenvalue weighted by Gasteiger charge is 2.64. The molecule has 9 heteroatoms. The van der Waals surface area contributed by atoms with Gasteiger partial charge in [0.15, 0.2) is 5.82 Å². The standard InChI is InChI=1S/C23H26N8O/c1-13-7-20(30-29-13)27-19-10-18-17(3-4-21(32)26-18)22(28-19)25-14-8-15-11-23(5-2-6-24)12-16(9-14)31(15)23/h3-4,7,10,14-16H,2,5,8-9,11-12H2,1H3,(H,26,32)(H3,25,27,28,29,30)/t14-,15+,16-,23?. The molecule has 9 nitrogen and oxygen atoms in total. The Hall–Kier alpha value is -3.38. The van der Waals surface area contributed by atoms with Crippen molar-refractivity contribution in [3.8, 4) is 6.07 Å². The Morgan fingerprint density at radius 1 is 1.25 bits per heavy atom. The van der Waals surface area contributed by atoms with Crippen molar-refractivity contribution in [1.82, 2.24) is 25.1 Å². The molecule has 3 aromatic rings. The molecule has 0 radical (unpaired) electrons. The van der Waals surface area contributed by atoms with E-state index < -0.39 is 0 Å². The summed E-state index contributed by atoms with van der Waals surface area (Å²) in [5, 5.41) is 23.9. The number of aryl methyl sites for hydroxylation is 1. The van der Waals surface area contributed by atoms with Crippen molar-refractivity contribution in [3.63, 3.8) is 0 Å². The minimum absolute atomic E-state index is 0.137. The van der Waals surface area contributed by atoms with Gasteiger partial charge in [0.1, 0.15) is 11.6 Å². The summed E-state index contributed by atoms with van der Waals surface area (Å²) in [7, 11) is 0. The monoisotopic (exact) mass is 430 g/mol. The SMILES string of the molecule is Cc1cc(Nc2cc3[nH]c(=O)ccc3c(N[C@H]3C[C@@H]4CC5(CCC#N)C[C@H](C3)N45)n2)n[nH]1. The van der Waals surface area contributed by atoms with Crippen molar-refractivity contribution in [3.05, 3.63) is 40.3 Å². The summed E-state index contributed by atoms with van der Waals surface area (Å²) in [4.78, 5) is 22.4. The van der Waals surface area contributed by atoms with Crippen LogP contribution in [0.25, 0.3) is 10.9 Å². The van der Waals surface area contributed by atoms with E-state index in [-0.39, 0.29) is 5.56 Å². The van der Waals surface area contributed by atoms with Crippen LogP contribution in [0.5, 0.6) is 0 Å². The minimum atomic E-state index is -0.137. The zero-order chi connectivity index (χ0) is 21.9. The first-order valence-corrected chi connectivity index (χ1v) is 11.3. The average molecular weight is 431 g/mol. The molecule has 0 spiro atoms. The van der Waals surface area contributed by atoms with E-state index in [4.69, 9.17) is 10.2 Å². The van der Waals surface area contributed by atoms with Gasteiger partial charge in [-0.2, -0.15) is 10.4 Å². The van der Waals surface area contributed by atoms with Crippen molar-refractivity contribution in [1.29, 1.82) is 5.26 Å². The van der Waals surface area contributed by atoms with Crippen molar-refractivity contribution >= 4 is 28.4 Å². The van der Waals surface area contributed by atoms with Gasteiger partial charge < -0.3 is 15.6 Å². The maximum Gasteiger partial charge on any atom is 0.248 e. The number of anilines is 3. The Kier molecular flexibility index (Phi) is 4.27. The highest BCUT2D eigenvalue weighted by molar-refractivity contribution is 5.91. The Bertz CT molecular complexity index is 1270. The van der Waals surface area contributed by atoms with Gasteiger partial charge in [-0.05, 0) is 45.1 Å². The van der Waals surface area contributed by atoms with Crippen LogP contribution in [0.1, 0.15) is 44.2 Å². The molecule has 164 valence electrons. The van der Waals surface area contributed by atoms with E-state index in [1.165, 1.54) is 12.8 Å². The molecule has 3 saturated heterocycles. The quantitative estimate of drug-likeness (QED) is 0.473. The third-order valence-corrected chi connectivity index (χ3v) is 7.40. The number of nitrogens with one attached hydrogen (secondary N) is 4. The van der Waals surface area contributed by atoms with E-state index in [9.17, 15) is 4.79 Å². The van der Waals surface area contributed by atoms with Crippen LogP contribution in [0.3, 0.4) is 0 Å². The fraction of sp³-hybridized carbons (Fsp3) is 0.478. The van der Waals surface area contributed by atoms with E-state index in [2.05, 4.69) is 36.8 Å². The van der Waals surface area contributed by atoms with Crippen LogP contribution in [0.2, 0.25) is 0 Å². The number of aromatic nitrogens is 4. The largest absolute Gasteiger partial charge is 0.367 e. The zero-order valence-corrected chi connectivity index (χ0v) is 18.0. The minimum Gasteiger partial charge on any atom is -0.367 e. The predicted octanol–water partition coefficient (Wildman–Crippen LogP) is 3.16. The van der Waals surface area contributed by atoms with Crippen LogP contribution in [0.4, 0.5) is 17.5 Å². The van der Waals surface area contributed by atoms with Gasteiger partial charge in [-0.15, -0.1) is 0 Å². The smallest absolute Gasteiger partial charge is 0.248 e. The Balaban J connectivity index is 1.24. The number of hydrogen-bond donors (Lipinski definition) is 4. The van der Waals surface area contributed by atoms with Crippen molar-refractivity contribution < 1.29 is 0 Å². The molecule has 3 aliphatic heterocycles. The van der Waals surface area contributed by atoms with Crippen molar-refractivity contribution in [2.45, 2.75) is 69.1 Å². The number of nitriles is 1. The molecule has 0 saturated carbocycles. The van der Waals surface area contributed by atoms with Crippen LogP contribution in [0.15, 0.2) is 29.1 Å². The van der Waals surface area contributed by atoms with Crippen LogP contribution in [-0.4, -0.2) is 48.7 Å². The highest BCUT2D eigenvalue weighted by Crippen LogP contribution is 2.58. The molecular formula is C23H26N8O. The first kappa shape index (κ1) is 19.3. The van der Waals surface area contributed by atoms with Gasteiger partial charge >= 0.3 is 0 Å². The molecular weight excluding hydrogens is 404 g/mol. The van der Waals surface area contributed by atoms with Crippen molar-refractivity contribution in [2.24, 2.45) is 0 Å². The summed E-state index contributed by atoms with van der Waals surface area (Å²) < 4.78 is 0. The third-order valence-electron chi connectivity index (χ3n) is 7.40. The zero-order valence-electron chi connectivity index (χ0n) is 18.0. The molecule has 3 aromatic heterocycles. The Morgan fingerprint density at radius 3 is 2.78 bits per heavy atom. The number of aromatic amines is 2. The Labute approximate surface area is 185 Å².